The van der Waals surface area contributed by atoms with Crippen molar-refractivity contribution in [2.75, 3.05) is 13.2 Å². The predicted octanol–water partition coefficient (Wildman–Crippen LogP) is 2.44. The molecule has 0 radical (unpaired) electrons. The van der Waals surface area contributed by atoms with Crippen LogP contribution < -0.4 is 10.1 Å². The summed E-state index contributed by atoms with van der Waals surface area (Å²) in [6.07, 6.45) is 2.84. The summed E-state index contributed by atoms with van der Waals surface area (Å²) in [5.74, 6) is 0.399. The average molecular weight is 290 g/mol. The number of hydrogen-bond donors (Lipinski definition) is 2. The van der Waals surface area contributed by atoms with Gasteiger partial charge in [0.2, 0.25) is 0 Å². The van der Waals surface area contributed by atoms with Crippen LogP contribution in [0, 0.1) is 5.82 Å². The summed E-state index contributed by atoms with van der Waals surface area (Å²) >= 11 is 0. The Morgan fingerprint density at radius 3 is 2.90 bits per heavy atom. The van der Waals surface area contributed by atoms with E-state index in [0.717, 1.165) is 16.9 Å². The first-order chi connectivity index (χ1) is 10.2. The Bertz CT molecular complexity index is 578. The van der Waals surface area contributed by atoms with Gasteiger partial charge >= 0.3 is 0 Å². The van der Waals surface area contributed by atoms with Crippen LogP contribution in [0.15, 0.2) is 42.7 Å². The number of rotatable bonds is 7. The zero-order valence-electron chi connectivity index (χ0n) is 11.9. The van der Waals surface area contributed by atoms with Crippen LogP contribution in [0.25, 0.3) is 0 Å². The summed E-state index contributed by atoms with van der Waals surface area (Å²) in [6.45, 7) is 2.78. The van der Waals surface area contributed by atoms with Crippen LogP contribution in [0.4, 0.5) is 4.39 Å². The van der Waals surface area contributed by atoms with Crippen molar-refractivity contribution in [3.63, 3.8) is 0 Å². The number of pyridine rings is 1. The van der Waals surface area contributed by atoms with E-state index in [1.54, 1.807) is 6.20 Å². The van der Waals surface area contributed by atoms with E-state index in [2.05, 4.69) is 10.3 Å². The molecule has 1 heterocycles. The first-order valence-corrected chi connectivity index (χ1v) is 6.86. The van der Waals surface area contributed by atoms with Crippen LogP contribution >= 0.6 is 0 Å². The smallest absolute Gasteiger partial charge is 0.141 e. The molecule has 0 saturated carbocycles. The molecule has 5 heteroatoms. The number of aliphatic hydroxyl groups excluding tert-OH is 1. The van der Waals surface area contributed by atoms with Gasteiger partial charge in [-0.2, -0.15) is 0 Å². The maximum atomic E-state index is 13.2. The first-order valence-electron chi connectivity index (χ1n) is 6.86. The minimum Gasteiger partial charge on any atom is -0.491 e. The van der Waals surface area contributed by atoms with E-state index in [1.165, 1.54) is 12.3 Å². The molecule has 0 saturated heterocycles. The minimum atomic E-state index is -0.340. The van der Waals surface area contributed by atoms with E-state index < -0.39 is 0 Å². The van der Waals surface area contributed by atoms with Crippen molar-refractivity contribution in [2.24, 2.45) is 0 Å². The second-order valence-corrected chi connectivity index (χ2v) is 4.72. The van der Waals surface area contributed by atoms with Crippen molar-refractivity contribution in [3.8, 4) is 5.75 Å². The zero-order valence-corrected chi connectivity index (χ0v) is 11.9. The molecule has 2 rings (SSSR count). The number of halogens is 1. The van der Waals surface area contributed by atoms with Crippen molar-refractivity contribution in [3.05, 3.63) is 59.7 Å². The summed E-state index contributed by atoms with van der Waals surface area (Å²) < 4.78 is 18.6. The SMILES string of the molecule is CC(NCc1ccccc1OCCO)c1cncc(F)c1. The average Bonchev–Trinajstić information content (AvgIpc) is 2.51. The summed E-state index contributed by atoms with van der Waals surface area (Å²) in [6, 6.07) is 9.07. The van der Waals surface area contributed by atoms with Gasteiger partial charge in [-0.3, -0.25) is 4.98 Å². The molecular weight excluding hydrogens is 271 g/mol. The third kappa shape index (κ3) is 4.51. The molecule has 2 N–H and O–H groups in total. The highest BCUT2D eigenvalue weighted by Gasteiger charge is 2.08. The van der Waals surface area contributed by atoms with Crippen LogP contribution in [-0.2, 0) is 6.54 Å². The molecule has 21 heavy (non-hydrogen) atoms. The third-order valence-corrected chi connectivity index (χ3v) is 3.15. The summed E-state index contributed by atoms with van der Waals surface area (Å²) in [7, 11) is 0. The van der Waals surface area contributed by atoms with E-state index in [0.29, 0.717) is 6.54 Å². The normalized spacial score (nSPS) is 12.1. The number of nitrogens with zero attached hydrogens (tertiary/aromatic N) is 1. The van der Waals surface area contributed by atoms with Crippen LogP contribution in [0.2, 0.25) is 0 Å². The number of nitrogens with one attached hydrogen (secondary N) is 1. The van der Waals surface area contributed by atoms with Crippen LogP contribution in [0.5, 0.6) is 5.75 Å². The lowest BCUT2D eigenvalue weighted by Crippen LogP contribution is -2.19. The van der Waals surface area contributed by atoms with E-state index in [9.17, 15) is 4.39 Å². The quantitative estimate of drug-likeness (QED) is 0.822. The molecule has 1 aromatic heterocycles. The van der Waals surface area contributed by atoms with Gasteiger partial charge in [0.25, 0.3) is 0 Å². The zero-order chi connectivity index (χ0) is 15.1. The third-order valence-electron chi connectivity index (χ3n) is 3.15. The van der Waals surface area contributed by atoms with Gasteiger partial charge in [-0.25, -0.2) is 4.39 Å². The van der Waals surface area contributed by atoms with Crippen molar-refractivity contribution >= 4 is 0 Å². The fourth-order valence-corrected chi connectivity index (χ4v) is 1.99. The lowest BCUT2D eigenvalue weighted by molar-refractivity contribution is 0.200. The monoisotopic (exact) mass is 290 g/mol. The number of ether oxygens (including phenoxy) is 1. The molecule has 2 aromatic rings. The van der Waals surface area contributed by atoms with E-state index in [1.807, 2.05) is 31.2 Å². The number of aromatic nitrogens is 1. The molecule has 112 valence electrons. The van der Waals surface area contributed by atoms with Crippen molar-refractivity contribution in [1.29, 1.82) is 0 Å². The molecule has 0 aliphatic rings. The molecule has 0 amide bonds. The number of benzene rings is 1. The lowest BCUT2D eigenvalue weighted by Gasteiger charge is -2.16. The fraction of sp³-hybridized carbons (Fsp3) is 0.312. The Morgan fingerprint density at radius 2 is 2.14 bits per heavy atom. The summed E-state index contributed by atoms with van der Waals surface area (Å²) in [4.78, 5) is 3.85. The Labute approximate surface area is 123 Å². The van der Waals surface area contributed by atoms with Gasteiger partial charge in [0, 0.05) is 24.3 Å². The molecule has 1 aromatic carbocycles. The van der Waals surface area contributed by atoms with E-state index >= 15 is 0 Å². The molecule has 0 spiro atoms. The van der Waals surface area contributed by atoms with Crippen molar-refractivity contribution < 1.29 is 14.2 Å². The van der Waals surface area contributed by atoms with E-state index in [4.69, 9.17) is 9.84 Å². The molecule has 1 unspecified atom stereocenters. The second kappa shape index (κ2) is 7.71. The van der Waals surface area contributed by atoms with Crippen molar-refractivity contribution in [1.82, 2.24) is 10.3 Å². The van der Waals surface area contributed by atoms with Gasteiger partial charge in [-0.1, -0.05) is 18.2 Å². The van der Waals surface area contributed by atoms with Gasteiger partial charge in [0.05, 0.1) is 12.8 Å². The van der Waals surface area contributed by atoms with Gasteiger partial charge in [-0.05, 0) is 24.6 Å². The maximum absolute atomic E-state index is 13.2. The van der Waals surface area contributed by atoms with Crippen LogP contribution in [0.3, 0.4) is 0 Å². The van der Waals surface area contributed by atoms with Gasteiger partial charge < -0.3 is 15.2 Å². The number of para-hydroxylation sites is 1. The highest BCUT2D eigenvalue weighted by Crippen LogP contribution is 2.19. The second-order valence-electron chi connectivity index (χ2n) is 4.72. The lowest BCUT2D eigenvalue weighted by atomic mass is 10.1. The molecule has 0 fully saturated rings. The molecule has 0 aliphatic carbocycles. The predicted molar refractivity (Wildman–Crippen MR) is 78.5 cm³/mol. The minimum absolute atomic E-state index is 0.0207. The molecule has 0 bridgehead atoms. The summed E-state index contributed by atoms with van der Waals surface area (Å²) in [5.41, 5.74) is 1.78. The Hall–Kier alpha value is -1.98. The molecule has 4 nitrogen and oxygen atoms in total. The highest BCUT2D eigenvalue weighted by molar-refractivity contribution is 5.33. The number of aliphatic hydroxyl groups is 1. The van der Waals surface area contributed by atoms with Crippen molar-refractivity contribution in [2.45, 2.75) is 19.5 Å². The summed E-state index contributed by atoms with van der Waals surface area (Å²) in [5, 5.41) is 12.1. The van der Waals surface area contributed by atoms with E-state index in [-0.39, 0.29) is 25.1 Å². The Morgan fingerprint density at radius 1 is 1.33 bits per heavy atom. The van der Waals surface area contributed by atoms with Crippen LogP contribution in [0.1, 0.15) is 24.1 Å². The first kappa shape index (κ1) is 15.4. The van der Waals surface area contributed by atoms with Crippen LogP contribution in [-0.4, -0.2) is 23.3 Å². The topological polar surface area (TPSA) is 54.4 Å². The number of hydrogen-bond acceptors (Lipinski definition) is 4. The largest absolute Gasteiger partial charge is 0.491 e. The van der Waals surface area contributed by atoms with Gasteiger partial charge in [0.15, 0.2) is 0 Å². The standard InChI is InChI=1S/C16H19FN2O2/c1-12(14-8-15(17)11-18-9-14)19-10-13-4-2-3-5-16(13)21-7-6-20/h2-5,8-9,11-12,19-20H,6-7,10H2,1H3. The molecule has 0 aliphatic heterocycles. The Kier molecular flexibility index (Phi) is 5.66. The fourth-order valence-electron chi connectivity index (χ4n) is 1.99. The van der Waals surface area contributed by atoms with Gasteiger partial charge in [0.1, 0.15) is 18.2 Å². The Balaban J connectivity index is 1.99. The van der Waals surface area contributed by atoms with Gasteiger partial charge in [-0.15, -0.1) is 0 Å². The maximum Gasteiger partial charge on any atom is 0.141 e. The highest BCUT2D eigenvalue weighted by atomic mass is 19.1. The molecule has 1 atom stereocenters. The molecular formula is C16H19FN2O2.